The quantitative estimate of drug-likeness (QED) is 0.585. The SMILES string of the molecule is Nc1c2cccc(-c3ccccn3)c2nc2cn(C3=CC=C3)c(O)c12. The van der Waals surface area contributed by atoms with E-state index in [0.29, 0.717) is 16.6 Å². The highest BCUT2D eigenvalue weighted by Gasteiger charge is 2.19. The number of para-hydroxylation sites is 1. The zero-order chi connectivity index (χ0) is 17.0. The van der Waals surface area contributed by atoms with Gasteiger partial charge in [-0.05, 0) is 24.3 Å². The van der Waals surface area contributed by atoms with Crippen LogP contribution in [-0.2, 0) is 0 Å². The molecule has 0 amide bonds. The van der Waals surface area contributed by atoms with E-state index < -0.39 is 0 Å². The van der Waals surface area contributed by atoms with Crippen molar-refractivity contribution in [3.8, 4) is 17.1 Å². The van der Waals surface area contributed by atoms with Gasteiger partial charge >= 0.3 is 0 Å². The third kappa shape index (κ3) is 1.89. The average molecular weight is 326 g/mol. The van der Waals surface area contributed by atoms with Gasteiger partial charge in [-0.2, -0.15) is 0 Å². The molecule has 25 heavy (non-hydrogen) atoms. The van der Waals surface area contributed by atoms with Gasteiger partial charge in [-0.15, -0.1) is 0 Å². The molecular weight excluding hydrogens is 312 g/mol. The van der Waals surface area contributed by atoms with Gasteiger partial charge in [-0.25, -0.2) is 4.98 Å². The van der Waals surface area contributed by atoms with E-state index in [2.05, 4.69) is 4.98 Å². The Balaban J connectivity index is 1.86. The summed E-state index contributed by atoms with van der Waals surface area (Å²) in [5.41, 5.74) is 11.0. The number of nitrogens with two attached hydrogens (primary N) is 1. The van der Waals surface area contributed by atoms with Crippen molar-refractivity contribution in [2.45, 2.75) is 0 Å². The Morgan fingerprint density at radius 1 is 1.08 bits per heavy atom. The van der Waals surface area contributed by atoms with Crippen LogP contribution in [0.5, 0.6) is 5.88 Å². The second-order valence-corrected chi connectivity index (χ2v) is 5.98. The van der Waals surface area contributed by atoms with Gasteiger partial charge in [0.1, 0.15) is 0 Å². The van der Waals surface area contributed by atoms with Crippen molar-refractivity contribution < 1.29 is 5.11 Å². The minimum Gasteiger partial charge on any atom is -0.494 e. The average Bonchev–Trinajstić information content (AvgIpc) is 2.91. The molecule has 5 heteroatoms. The molecule has 1 aromatic carbocycles. The van der Waals surface area contributed by atoms with Crippen LogP contribution in [0.2, 0.25) is 0 Å². The molecule has 0 unspecified atom stereocenters. The summed E-state index contributed by atoms with van der Waals surface area (Å²) in [5.74, 6) is 0.112. The topological polar surface area (TPSA) is 77.0 Å². The maximum absolute atomic E-state index is 10.6. The first-order valence-electron chi connectivity index (χ1n) is 7.96. The van der Waals surface area contributed by atoms with Gasteiger partial charge < -0.3 is 10.8 Å². The lowest BCUT2D eigenvalue weighted by Gasteiger charge is -2.10. The molecule has 5 nitrogen and oxygen atoms in total. The normalized spacial score (nSPS) is 13.2. The van der Waals surface area contributed by atoms with Crippen LogP contribution in [0.4, 0.5) is 5.69 Å². The van der Waals surface area contributed by atoms with E-state index in [-0.39, 0.29) is 5.88 Å². The van der Waals surface area contributed by atoms with Crippen LogP contribution in [0.3, 0.4) is 0 Å². The fourth-order valence-electron chi connectivity index (χ4n) is 3.23. The number of fused-ring (bicyclic) bond motifs is 2. The Hall–Kier alpha value is -3.60. The molecule has 3 N–H and O–H groups in total. The molecule has 0 aliphatic heterocycles. The van der Waals surface area contributed by atoms with Gasteiger partial charge in [-0.3, -0.25) is 9.55 Å². The summed E-state index contributed by atoms with van der Waals surface area (Å²) >= 11 is 0. The predicted octanol–water partition coefficient (Wildman–Crippen LogP) is 3.95. The van der Waals surface area contributed by atoms with Gasteiger partial charge in [0.15, 0.2) is 0 Å². The van der Waals surface area contributed by atoms with Gasteiger partial charge in [0.05, 0.1) is 27.8 Å². The van der Waals surface area contributed by atoms with Crippen LogP contribution in [0, 0.1) is 0 Å². The van der Waals surface area contributed by atoms with Crippen molar-refractivity contribution in [1.82, 2.24) is 14.5 Å². The lowest BCUT2D eigenvalue weighted by Crippen LogP contribution is -1.95. The molecular formula is C20H14N4O. The third-order valence-electron chi connectivity index (χ3n) is 4.54. The Morgan fingerprint density at radius 3 is 2.68 bits per heavy atom. The van der Waals surface area contributed by atoms with Gasteiger partial charge in [0, 0.05) is 29.0 Å². The number of anilines is 1. The van der Waals surface area contributed by atoms with Crippen molar-refractivity contribution in [3.63, 3.8) is 0 Å². The molecule has 0 bridgehead atoms. The number of aromatic nitrogens is 3. The van der Waals surface area contributed by atoms with Gasteiger partial charge in [0.25, 0.3) is 0 Å². The van der Waals surface area contributed by atoms with Crippen LogP contribution in [0.15, 0.2) is 67.0 Å². The molecule has 4 aromatic rings. The highest BCUT2D eigenvalue weighted by atomic mass is 16.3. The number of hydrogen-bond acceptors (Lipinski definition) is 4. The Morgan fingerprint density at radius 2 is 1.96 bits per heavy atom. The maximum Gasteiger partial charge on any atom is 0.207 e. The second kappa shape index (κ2) is 4.95. The van der Waals surface area contributed by atoms with Crippen LogP contribution < -0.4 is 5.73 Å². The number of pyridine rings is 2. The van der Waals surface area contributed by atoms with E-state index in [1.165, 1.54) is 0 Å². The zero-order valence-electron chi connectivity index (χ0n) is 13.2. The molecule has 5 rings (SSSR count). The van der Waals surface area contributed by atoms with Crippen molar-refractivity contribution in [2.75, 3.05) is 5.73 Å². The standard InChI is InChI=1S/C20H14N4O/c21-18-14-8-4-7-13(15-9-1-2-10-22-15)19(14)23-16-11-24(12-5-3-6-12)20(25)17(16)18/h1-11,25H,21H2. The fraction of sp³-hybridized carbons (Fsp3) is 0. The summed E-state index contributed by atoms with van der Waals surface area (Å²) in [6, 6.07) is 11.6. The third-order valence-corrected chi connectivity index (χ3v) is 4.54. The molecule has 3 aromatic heterocycles. The molecule has 0 radical (unpaired) electrons. The Bertz CT molecular complexity index is 1200. The van der Waals surface area contributed by atoms with E-state index in [0.717, 1.165) is 27.9 Å². The molecule has 3 heterocycles. The first kappa shape index (κ1) is 13.8. The van der Waals surface area contributed by atoms with Crippen molar-refractivity contribution in [3.05, 3.63) is 67.0 Å². The number of benzene rings is 1. The Labute approximate surface area is 143 Å². The summed E-state index contributed by atoms with van der Waals surface area (Å²) in [7, 11) is 0. The number of nitrogens with zero attached hydrogens (tertiary/aromatic N) is 3. The summed E-state index contributed by atoms with van der Waals surface area (Å²) in [5, 5.41) is 12.0. The maximum atomic E-state index is 10.6. The van der Waals surface area contributed by atoms with E-state index in [9.17, 15) is 5.11 Å². The zero-order valence-corrected chi connectivity index (χ0v) is 13.2. The molecule has 0 saturated heterocycles. The number of allylic oxidation sites excluding steroid dienone is 4. The minimum absolute atomic E-state index is 0.112. The Kier molecular flexibility index (Phi) is 2.73. The molecule has 0 atom stereocenters. The molecule has 1 aliphatic carbocycles. The van der Waals surface area contributed by atoms with Crippen LogP contribution in [0.1, 0.15) is 0 Å². The largest absolute Gasteiger partial charge is 0.494 e. The minimum atomic E-state index is 0.112. The van der Waals surface area contributed by atoms with E-state index >= 15 is 0 Å². The summed E-state index contributed by atoms with van der Waals surface area (Å²) < 4.78 is 1.70. The number of aromatic hydroxyl groups is 1. The first-order valence-corrected chi connectivity index (χ1v) is 7.96. The monoisotopic (exact) mass is 326 g/mol. The van der Waals surface area contributed by atoms with E-state index in [4.69, 9.17) is 10.7 Å². The summed E-state index contributed by atoms with van der Waals surface area (Å²) in [6.45, 7) is 0. The summed E-state index contributed by atoms with van der Waals surface area (Å²) in [6.07, 6.45) is 9.34. The van der Waals surface area contributed by atoms with E-state index in [1.54, 1.807) is 10.8 Å². The lowest BCUT2D eigenvalue weighted by molar-refractivity contribution is 0.450. The van der Waals surface area contributed by atoms with Gasteiger partial charge in [0.2, 0.25) is 5.88 Å². The van der Waals surface area contributed by atoms with Crippen molar-refractivity contribution in [2.24, 2.45) is 0 Å². The van der Waals surface area contributed by atoms with Crippen LogP contribution in [-0.4, -0.2) is 19.6 Å². The smallest absolute Gasteiger partial charge is 0.207 e. The van der Waals surface area contributed by atoms with Crippen molar-refractivity contribution in [1.29, 1.82) is 0 Å². The molecule has 1 aliphatic rings. The fourth-order valence-corrected chi connectivity index (χ4v) is 3.23. The van der Waals surface area contributed by atoms with E-state index in [1.807, 2.05) is 60.8 Å². The molecule has 0 saturated carbocycles. The summed E-state index contributed by atoms with van der Waals surface area (Å²) in [4.78, 5) is 9.21. The number of rotatable bonds is 2. The second-order valence-electron chi connectivity index (χ2n) is 5.98. The number of nitrogen functional groups attached to an aromatic ring is 1. The first-order chi connectivity index (χ1) is 12.2. The number of hydrogen-bond donors (Lipinski definition) is 2. The highest BCUT2D eigenvalue weighted by molar-refractivity contribution is 6.12. The highest BCUT2D eigenvalue weighted by Crippen LogP contribution is 2.40. The molecule has 120 valence electrons. The lowest BCUT2D eigenvalue weighted by atomic mass is 10.0. The molecule has 0 spiro atoms. The van der Waals surface area contributed by atoms with Crippen LogP contribution >= 0.6 is 0 Å². The predicted molar refractivity (Wildman–Crippen MR) is 100.0 cm³/mol. The van der Waals surface area contributed by atoms with Crippen LogP contribution in [0.25, 0.3) is 38.8 Å². The molecule has 0 fully saturated rings. The van der Waals surface area contributed by atoms with Crippen molar-refractivity contribution >= 4 is 33.2 Å². The van der Waals surface area contributed by atoms with Gasteiger partial charge in [-0.1, -0.05) is 30.3 Å².